The van der Waals surface area contributed by atoms with E-state index in [9.17, 15) is 16.8 Å². The van der Waals surface area contributed by atoms with Gasteiger partial charge in [0.05, 0.1) is 27.8 Å². The van der Waals surface area contributed by atoms with Crippen LogP contribution in [0.4, 0.5) is 0 Å². The van der Waals surface area contributed by atoms with Crippen molar-refractivity contribution in [3.63, 3.8) is 0 Å². The van der Waals surface area contributed by atoms with E-state index in [1.807, 2.05) is 17.5 Å². The lowest BCUT2D eigenvalue weighted by atomic mass is 10.4. The Kier molecular flexibility index (Phi) is 4.54. The van der Waals surface area contributed by atoms with Crippen LogP contribution >= 0.6 is 11.3 Å². The average molecular weight is 349 g/mol. The van der Waals surface area contributed by atoms with Gasteiger partial charge in [0.15, 0.2) is 9.84 Å². The zero-order valence-electron chi connectivity index (χ0n) is 11.6. The van der Waals surface area contributed by atoms with Crippen molar-refractivity contribution in [2.24, 2.45) is 0 Å². The smallest absolute Gasteiger partial charge is 0.236 e. The predicted molar refractivity (Wildman–Crippen MR) is 81.8 cm³/mol. The van der Waals surface area contributed by atoms with Gasteiger partial charge in [0.2, 0.25) is 5.89 Å². The molecule has 0 unspecified atom stereocenters. The average Bonchev–Trinajstić information content (AvgIpc) is 2.96. The van der Waals surface area contributed by atoms with E-state index >= 15 is 0 Å². The molecule has 0 fully saturated rings. The second kappa shape index (κ2) is 5.90. The van der Waals surface area contributed by atoms with Gasteiger partial charge in [-0.05, 0) is 18.4 Å². The summed E-state index contributed by atoms with van der Waals surface area (Å²) in [5.74, 6) is -0.295. The molecule has 2 heterocycles. The molecule has 2 aromatic rings. The fourth-order valence-electron chi connectivity index (χ4n) is 1.63. The van der Waals surface area contributed by atoms with Crippen molar-refractivity contribution in [2.45, 2.75) is 12.7 Å². The number of rotatable bonds is 6. The standard InChI is InChI=1S/C12H15NO5S3/c1-9-10(8-21(16,17)7-6-20(2,14)15)13-12(18-9)11-4-3-5-19-11/h3-5H,6-8H2,1-2H3. The first-order valence-electron chi connectivity index (χ1n) is 6.05. The Hall–Kier alpha value is -1.19. The summed E-state index contributed by atoms with van der Waals surface area (Å²) in [4.78, 5) is 5.01. The Labute approximate surface area is 127 Å². The van der Waals surface area contributed by atoms with Crippen LogP contribution in [0.2, 0.25) is 0 Å². The maximum atomic E-state index is 12.0. The number of sulfone groups is 2. The molecule has 6 nitrogen and oxygen atoms in total. The van der Waals surface area contributed by atoms with Crippen molar-refractivity contribution in [3.8, 4) is 10.8 Å². The van der Waals surface area contributed by atoms with Gasteiger partial charge in [-0.3, -0.25) is 0 Å². The van der Waals surface area contributed by atoms with Crippen molar-refractivity contribution in [3.05, 3.63) is 29.0 Å². The topological polar surface area (TPSA) is 94.3 Å². The molecular formula is C12H15NO5S3. The fourth-order valence-corrected chi connectivity index (χ4v) is 5.33. The number of thiophene rings is 1. The highest BCUT2D eigenvalue weighted by Gasteiger charge is 2.20. The van der Waals surface area contributed by atoms with Gasteiger partial charge >= 0.3 is 0 Å². The summed E-state index contributed by atoms with van der Waals surface area (Å²) >= 11 is 1.44. The minimum absolute atomic E-state index is 0.316. The largest absolute Gasteiger partial charge is 0.440 e. The number of hydrogen-bond acceptors (Lipinski definition) is 7. The minimum Gasteiger partial charge on any atom is -0.440 e. The lowest BCUT2D eigenvalue weighted by molar-refractivity contribution is 0.541. The first-order valence-corrected chi connectivity index (χ1v) is 10.8. The quantitative estimate of drug-likeness (QED) is 0.787. The molecule has 0 aliphatic rings. The Bertz CT molecular complexity index is 816. The van der Waals surface area contributed by atoms with E-state index in [2.05, 4.69) is 4.98 Å². The van der Waals surface area contributed by atoms with Gasteiger partial charge in [-0.15, -0.1) is 11.3 Å². The molecule has 2 aromatic heterocycles. The van der Waals surface area contributed by atoms with Crippen LogP contribution in [0.25, 0.3) is 10.8 Å². The van der Waals surface area contributed by atoms with Gasteiger partial charge in [-0.2, -0.15) is 0 Å². The summed E-state index contributed by atoms with van der Waals surface area (Å²) in [5.41, 5.74) is 0.326. The van der Waals surface area contributed by atoms with Crippen molar-refractivity contribution in [2.75, 3.05) is 17.8 Å². The molecule has 0 bridgehead atoms. The second-order valence-electron chi connectivity index (χ2n) is 4.72. The van der Waals surface area contributed by atoms with E-state index < -0.39 is 25.4 Å². The molecule has 0 radical (unpaired) electrons. The van der Waals surface area contributed by atoms with Crippen LogP contribution in [0.3, 0.4) is 0 Å². The van der Waals surface area contributed by atoms with Gasteiger partial charge in [0.25, 0.3) is 0 Å². The van der Waals surface area contributed by atoms with Crippen LogP contribution in [0.15, 0.2) is 21.9 Å². The molecule has 0 aromatic carbocycles. The highest BCUT2D eigenvalue weighted by molar-refractivity contribution is 7.94. The first-order chi connectivity index (χ1) is 9.66. The Morgan fingerprint density at radius 3 is 2.52 bits per heavy atom. The summed E-state index contributed by atoms with van der Waals surface area (Å²) in [6.45, 7) is 1.64. The summed E-state index contributed by atoms with van der Waals surface area (Å²) in [7, 11) is -6.86. The second-order valence-corrected chi connectivity index (χ2v) is 10.1. The van der Waals surface area contributed by atoms with Gasteiger partial charge < -0.3 is 4.42 Å². The summed E-state index contributed by atoms with van der Waals surface area (Å²) in [6, 6.07) is 3.68. The van der Waals surface area contributed by atoms with Gasteiger partial charge in [-0.25, -0.2) is 21.8 Å². The van der Waals surface area contributed by atoms with Crippen LogP contribution in [-0.4, -0.2) is 39.6 Å². The molecule has 0 amide bonds. The number of oxazole rings is 1. The van der Waals surface area contributed by atoms with Crippen molar-refractivity contribution in [1.82, 2.24) is 4.98 Å². The molecule has 0 spiro atoms. The minimum atomic E-state index is -3.54. The molecule has 0 saturated heterocycles. The molecule has 21 heavy (non-hydrogen) atoms. The summed E-state index contributed by atoms with van der Waals surface area (Å²) < 4.78 is 51.5. The van der Waals surface area contributed by atoms with E-state index in [0.29, 0.717) is 17.3 Å². The lowest BCUT2D eigenvalue weighted by Crippen LogP contribution is -2.18. The van der Waals surface area contributed by atoms with E-state index in [0.717, 1.165) is 11.1 Å². The number of hydrogen-bond donors (Lipinski definition) is 0. The normalized spacial score (nSPS) is 12.7. The maximum absolute atomic E-state index is 12.0. The lowest BCUT2D eigenvalue weighted by Gasteiger charge is -2.01. The molecule has 0 saturated carbocycles. The zero-order valence-corrected chi connectivity index (χ0v) is 14.0. The molecule has 2 rings (SSSR count). The monoisotopic (exact) mass is 349 g/mol. The number of aromatic nitrogens is 1. The number of nitrogens with zero attached hydrogens (tertiary/aromatic N) is 1. The summed E-state index contributed by atoms with van der Waals surface area (Å²) in [6.07, 6.45) is 1.01. The van der Waals surface area contributed by atoms with Crippen LogP contribution in [0.5, 0.6) is 0 Å². The predicted octanol–water partition coefficient (Wildman–Crippen LogP) is 1.67. The zero-order chi connectivity index (χ0) is 15.7. The van der Waals surface area contributed by atoms with E-state index in [4.69, 9.17) is 4.42 Å². The highest BCUT2D eigenvalue weighted by Crippen LogP contribution is 2.26. The molecule has 0 aliphatic carbocycles. The van der Waals surface area contributed by atoms with Crippen molar-refractivity contribution in [1.29, 1.82) is 0 Å². The summed E-state index contributed by atoms with van der Waals surface area (Å²) in [5, 5.41) is 1.87. The Balaban J connectivity index is 2.16. The van der Waals surface area contributed by atoms with E-state index in [1.165, 1.54) is 11.3 Å². The molecule has 0 aliphatic heterocycles. The van der Waals surface area contributed by atoms with Crippen LogP contribution < -0.4 is 0 Å². The molecule has 0 atom stereocenters. The maximum Gasteiger partial charge on any atom is 0.236 e. The van der Waals surface area contributed by atoms with Crippen molar-refractivity contribution < 1.29 is 21.3 Å². The molecule has 9 heteroatoms. The Morgan fingerprint density at radius 2 is 1.95 bits per heavy atom. The SMILES string of the molecule is Cc1oc(-c2cccs2)nc1CS(=O)(=O)CCS(C)(=O)=O. The molecule has 0 N–H and O–H groups in total. The Morgan fingerprint density at radius 1 is 1.24 bits per heavy atom. The van der Waals surface area contributed by atoms with Crippen molar-refractivity contribution >= 4 is 31.0 Å². The molecular weight excluding hydrogens is 334 g/mol. The van der Waals surface area contributed by atoms with E-state index in [1.54, 1.807) is 6.92 Å². The number of aryl methyl sites for hydroxylation is 1. The fraction of sp³-hybridized carbons (Fsp3) is 0.417. The third-order valence-electron chi connectivity index (χ3n) is 2.75. The van der Waals surface area contributed by atoms with Gasteiger partial charge in [0.1, 0.15) is 15.6 Å². The first kappa shape index (κ1) is 16.2. The van der Waals surface area contributed by atoms with E-state index in [-0.39, 0.29) is 11.5 Å². The van der Waals surface area contributed by atoms with Crippen LogP contribution in [0, 0.1) is 6.92 Å². The molecule has 116 valence electrons. The van der Waals surface area contributed by atoms with Gasteiger partial charge in [0, 0.05) is 6.26 Å². The highest BCUT2D eigenvalue weighted by atomic mass is 32.2. The van der Waals surface area contributed by atoms with Gasteiger partial charge in [-0.1, -0.05) is 6.07 Å². The van der Waals surface area contributed by atoms with Crippen LogP contribution in [-0.2, 0) is 25.4 Å². The van der Waals surface area contributed by atoms with Crippen LogP contribution in [0.1, 0.15) is 11.5 Å². The third kappa shape index (κ3) is 4.65. The third-order valence-corrected chi connectivity index (χ3v) is 6.35.